The van der Waals surface area contributed by atoms with Crippen molar-refractivity contribution in [3.05, 3.63) is 72.3 Å². The molecule has 1 unspecified atom stereocenters. The summed E-state index contributed by atoms with van der Waals surface area (Å²) in [5.41, 5.74) is 8.05. The molecule has 1 aromatic heterocycles. The highest BCUT2D eigenvalue weighted by atomic mass is 16.2. The number of primary amides is 1. The second-order valence-electron chi connectivity index (χ2n) is 6.09. The lowest BCUT2D eigenvalue weighted by Crippen LogP contribution is -2.29. The quantitative estimate of drug-likeness (QED) is 0.726. The van der Waals surface area contributed by atoms with E-state index in [2.05, 4.69) is 15.4 Å². The topological polar surface area (TPSA) is 106 Å². The molecule has 0 bridgehead atoms. The Kier molecular flexibility index (Phi) is 5.16. The summed E-state index contributed by atoms with van der Waals surface area (Å²) in [5, 5.41) is 6.56. The third kappa shape index (κ3) is 4.12. The summed E-state index contributed by atoms with van der Waals surface area (Å²) in [6, 6.07) is 13.6. The maximum absolute atomic E-state index is 12.7. The summed E-state index contributed by atoms with van der Waals surface area (Å²) in [4.78, 5) is 29.2. The lowest BCUT2D eigenvalue weighted by molar-refractivity contribution is 0.0742. The molecular weight excluding hydrogens is 344 g/mol. The molecule has 3 N–H and O–H groups in total. The molecule has 0 saturated carbocycles. The largest absolute Gasteiger partial charge is 0.351 e. The summed E-state index contributed by atoms with van der Waals surface area (Å²) in [6.07, 6.45) is 3.11. The standard InChI is InChI=1S/C19H20N6O2/c1-13(14-5-9-17(10-6-14)25-12-21-11-22-25)24(2)18(26)15-3-7-16(8-4-15)23-19(20)27/h3-13H,1-2H3,(H3,20,23,27). The highest BCUT2D eigenvalue weighted by Crippen LogP contribution is 2.22. The van der Waals surface area contributed by atoms with E-state index < -0.39 is 6.03 Å². The zero-order valence-corrected chi connectivity index (χ0v) is 15.0. The van der Waals surface area contributed by atoms with Crippen LogP contribution in [-0.4, -0.2) is 38.7 Å². The van der Waals surface area contributed by atoms with Crippen molar-refractivity contribution in [3.8, 4) is 5.69 Å². The molecule has 0 aliphatic heterocycles. The Labute approximate surface area is 156 Å². The molecule has 8 heteroatoms. The van der Waals surface area contributed by atoms with E-state index in [0.29, 0.717) is 11.3 Å². The van der Waals surface area contributed by atoms with Gasteiger partial charge in [-0.3, -0.25) is 4.79 Å². The second-order valence-corrected chi connectivity index (χ2v) is 6.09. The first-order valence-corrected chi connectivity index (χ1v) is 8.34. The lowest BCUT2D eigenvalue weighted by Gasteiger charge is -2.25. The van der Waals surface area contributed by atoms with Crippen molar-refractivity contribution in [3.63, 3.8) is 0 Å². The Bertz CT molecular complexity index is 920. The van der Waals surface area contributed by atoms with E-state index in [0.717, 1.165) is 11.3 Å². The number of nitrogens with zero attached hydrogens (tertiary/aromatic N) is 4. The second kappa shape index (κ2) is 7.69. The minimum absolute atomic E-state index is 0.117. The van der Waals surface area contributed by atoms with Crippen molar-refractivity contribution < 1.29 is 9.59 Å². The van der Waals surface area contributed by atoms with Crippen molar-refractivity contribution in [2.24, 2.45) is 5.73 Å². The molecule has 0 spiro atoms. The van der Waals surface area contributed by atoms with Gasteiger partial charge in [-0.1, -0.05) is 12.1 Å². The number of aromatic nitrogens is 3. The average Bonchev–Trinajstić information content (AvgIpc) is 3.21. The molecule has 3 aromatic rings. The van der Waals surface area contributed by atoms with Crippen LogP contribution in [0.5, 0.6) is 0 Å². The first kappa shape index (κ1) is 18.1. The predicted molar refractivity (Wildman–Crippen MR) is 102 cm³/mol. The molecule has 8 nitrogen and oxygen atoms in total. The van der Waals surface area contributed by atoms with Gasteiger partial charge in [0.2, 0.25) is 0 Å². The Morgan fingerprint density at radius 3 is 2.33 bits per heavy atom. The normalized spacial score (nSPS) is 11.6. The van der Waals surface area contributed by atoms with Crippen LogP contribution in [0, 0.1) is 0 Å². The van der Waals surface area contributed by atoms with Crippen LogP contribution in [0.2, 0.25) is 0 Å². The Hall–Kier alpha value is -3.68. The van der Waals surface area contributed by atoms with E-state index in [1.54, 1.807) is 47.2 Å². The fourth-order valence-electron chi connectivity index (χ4n) is 2.69. The van der Waals surface area contributed by atoms with Gasteiger partial charge in [-0.05, 0) is 48.9 Å². The van der Waals surface area contributed by atoms with Crippen LogP contribution in [0.4, 0.5) is 10.5 Å². The fraction of sp³-hybridized carbons (Fsp3) is 0.158. The van der Waals surface area contributed by atoms with Crippen LogP contribution >= 0.6 is 0 Å². The molecular formula is C19H20N6O2. The van der Waals surface area contributed by atoms with Gasteiger partial charge in [0.15, 0.2) is 0 Å². The van der Waals surface area contributed by atoms with E-state index in [1.807, 2.05) is 31.2 Å². The molecule has 27 heavy (non-hydrogen) atoms. The molecule has 0 aliphatic carbocycles. The lowest BCUT2D eigenvalue weighted by atomic mass is 10.1. The van der Waals surface area contributed by atoms with Gasteiger partial charge in [-0.25, -0.2) is 14.5 Å². The molecule has 138 valence electrons. The number of urea groups is 1. The maximum Gasteiger partial charge on any atom is 0.316 e. The summed E-state index contributed by atoms with van der Waals surface area (Å²) < 4.78 is 1.67. The third-order valence-electron chi connectivity index (χ3n) is 4.36. The monoisotopic (exact) mass is 364 g/mol. The predicted octanol–water partition coefficient (Wildman–Crippen LogP) is 2.59. The Morgan fingerprint density at radius 2 is 1.78 bits per heavy atom. The van der Waals surface area contributed by atoms with Crippen molar-refractivity contribution >= 4 is 17.6 Å². The first-order valence-electron chi connectivity index (χ1n) is 8.34. The smallest absolute Gasteiger partial charge is 0.316 e. The van der Waals surface area contributed by atoms with E-state index in [1.165, 1.54) is 6.33 Å². The van der Waals surface area contributed by atoms with Gasteiger partial charge in [0, 0.05) is 18.3 Å². The van der Waals surface area contributed by atoms with Gasteiger partial charge >= 0.3 is 6.03 Å². The van der Waals surface area contributed by atoms with Crippen LogP contribution in [0.3, 0.4) is 0 Å². The van der Waals surface area contributed by atoms with Crippen molar-refractivity contribution in [1.29, 1.82) is 0 Å². The average molecular weight is 364 g/mol. The molecule has 2 aromatic carbocycles. The van der Waals surface area contributed by atoms with E-state index in [9.17, 15) is 9.59 Å². The first-order chi connectivity index (χ1) is 13.0. The summed E-state index contributed by atoms with van der Waals surface area (Å²) in [5.74, 6) is -0.117. The van der Waals surface area contributed by atoms with Crippen LogP contribution in [0.15, 0.2) is 61.2 Å². The molecule has 1 heterocycles. The molecule has 0 saturated heterocycles. The number of rotatable bonds is 5. The van der Waals surface area contributed by atoms with Crippen molar-refractivity contribution in [2.75, 3.05) is 12.4 Å². The zero-order valence-electron chi connectivity index (χ0n) is 15.0. The number of carbonyl (C=O) groups excluding carboxylic acids is 2. The third-order valence-corrected chi connectivity index (χ3v) is 4.36. The van der Waals surface area contributed by atoms with Gasteiger partial charge in [0.05, 0.1) is 11.7 Å². The number of anilines is 1. The van der Waals surface area contributed by atoms with Crippen molar-refractivity contribution in [2.45, 2.75) is 13.0 Å². The van der Waals surface area contributed by atoms with Crippen LogP contribution < -0.4 is 11.1 Å². The van der Waals surface area contributed by atoms with Gasteiger partial charge in [0.25, 0.3) is 5.91 Å². The molecule has 0 fully saturated rings. The highest BCUT2D eigenvalue weighted by Gasteiger charge is 2.19. The molecule has 0 radical (unpaired) electrons. The SMILES string of the molecule is CC(c1ccc(-n2cncn2)cc1)N(C)C(=O)c1ccc(NC(N)=O)cc1. The molecule has 0 aliphatic rings. The van der Waals surface area contributed by atoms with Crippen LogP contribution in [0.1, 0.15) is 28.9 Å². The van der Waals surface area contributed by atoms with Gasteiger partial charge in [0.1, 0.15) is 12.7 Å². The summed E-state index contributed by atoms with van der Waals surface area (Å²) in [7, 11) is 1.76. The number of hydrogen-bond acceptors (Lipinski definition) is 4. The molecule has 3 rings (SSSR count). The molecule has 1 atom stereocenters. The van der Waals surface area contributed by atoms with Gasteiger partial charge < -0.3 is 16.0 Å². The van der Waals surface area contributed by atoms with Crippen molar-refractivity contribution in [1.82, 2.24) is 19.7 Å². The Morgan fingerprint density at radius 1 is 1.11 bits per heavy atom. The number of carbonyl (C=O) groups is 2. The van der Waals surface area contributed by atoms with Crippen LogP contribution in [0.25, 0.3) is 5.69 Å². The number of amides is 3. The minimum Gasteiger partial charge on any atom is -0.351 e. The fourth-order valence-corrected chi connectivity index (χ4v) is 2.69. The number of nitrogens with one attached hydrogen (secondary N) is 1. The Balaban J connectivity index is 1.71. The van der Waals surface area contributed by atoms with Gasteiger partial charge in [-0.15, -0.1) is 0 Å². The minimum atomic E-state index is -0.644. The maximum atomic E-state index is 12.7. The van der Waals surface area contributed by atoms with Gasteiger partial charge in [-0.2, -0.15) is 5.10 Å². The highest BCUT2D eigenvalue weighted by molar-refractivity contribution is 5.95. The van der Waals surface area contributed by atoms with E-state index in [-0.39, 0.29) is 11.9 Å². The van der Waals surface area contributed by atoms with E-state index in [4.69, 9.17) is 5.73 Å². The van der Waals surface area contributed by atoms with Crippen LogP contribution in [-0.2, 0) is 0 Å². The summed E-state index contributed by atoms with van der Waals surface area (Å²) in [6.45, 7) is 1.96. The zero-order chi connectivity index (χ0) is 19.4. The number of hydrogen-bond donors (Lipinski definition) is 2. The molecule has 3 amide bonds. The van der Waals surface area contributed by atoms with E-state index >= 15 is 0 Å². The number of benzene rings is 2. The number of nitrogens with two attached hydrogens (primary N) is 1. The summed E-state index contributed by atoms with van der Waals surface area (Å²) >= 11 is 0.